The van der Waals surface area contributed by atoms with Crippen molar-refractivity contribution in [3.8, 4) is 0 Å². The van der Waals surface area contributed by atoms with Crippen molar-refractivity contribution in [2.24, 2.45) is 0 Å². The van der Waals surface area contributed by atoms with Gasteiger partial charge in [-0.15, -0.1) is 0 Å². The second-order valence-electron chi connectivity index (χ2n) is 3.37. The van der Waals surface area contributed by atoms with Crippen LogP contribution < -0.4 is 0 Å². The van der Waals surface area contributed by atoms with E-state index in [2.05, 4.69) is 13.5 Å². The Bertz CT molecular complexity index is 99.3. The maximum atomic E-state index is 5.03. The molecule has 0 saturated carbocycles. The lowest BCUT2D eigenvalue weighted by Gasteiger charge is -2.01. The third-order valence-corrected chi connectivity index (χ3v) is 2.13. The highest BCUT2D eigenvalue weighted by Gasteiger charge is 1.90. The summed E-state index contributed by atoms with van der Waals surface area (Å²) in [5.74, 6) is 0. The minimum Gasteiger partial charge on any atom is -0.502 e. The molecule has 0 rings (SSSR count). The summed E-state index contributed by atoms with van der Waals surface area (Å²) in [6.45, 7) is 8.16. The summed E-state index contributed by atoms with van der Waals surface area (Å²) in [5.41, 5.74) is 0. The first-order valence-electron chi connectivity index (χ1n) is 5.43. The zero-order valence-corrected chi connectivity index (χ0v) is 8.76. The maximum Gasteiger partial charge on any atom is 0.0873 e. The fourth-order valence-corrected chi connectivity index (χ4v) is 1.33. The van der Waals surface area contributed by atoms with E-state index in [1.165, 1.54) is 51.2 Å². The Kier molecular flexibility index (Phi) is 11.1. The molecular weight excluding hydrogens is 160 g/mol. The van der Waals surface area contributed by atoms with E-state index in [4.69, 9.17) is 4.74 Å². The Hall–Kier alpha value is -0.460. The molecule has 0 fully saturated rings. The predicted octanol–water partition coefficient (Wildman–Crippen LogP) is 4.10. The standard InChI is InChI=1S/C12H23O/c1-3-5-6-7-8-9-10-11-12-13-4-2/h4H,1-3,5-12H2. The fraction of sp³-hybridized carbons (Fsp3) is 0.750. The van der Waals surface area contributed by atoms with E-state index in [0.717, 1.165) is 13.0 Å². The maximum absolute atomic E-state index is 5.03. The van der Waals surface area contributed by atoms with Crippen LogP contribution in [0.1, 0.15) is 51.4 Å². The summed E-state index contributed by atoms with van der Waals surface area (Å²) in [4.78, 5) is 0. The molecule has 0 amide bonds. The quantitative estimate of drug-likeness (QED) is 0.366. The number of rotatable bonds is 10. The molecule has 1 heteroatoms. The minimum atomic E-state index is 0.836. The fourth-order valence-electron chi connectivity index (χ4n) is 1.33. The van der Waals surface area contributed by atoms with Gasteiger partial charge < -0.3 is 4.74 Å². The van der Waals surface area contributed by atoms with E-state index in [-0.39, 0.29) is 0 Å². The Morgan fingerprint density at radius 3 is 1.92 bits per heavy atom. The molecule has 0 spiro atoms. The first-order valence-corrected chi connectivity index (χ1v) is 5.43. The van der Waals surface area contributed by atoms with Crippen molar-refractivity contribution in [1.29, 1.82) is 0 Å². The topological polar surface area (TPSA) is 9.23 Å². The average Bonchev–Trinajstić information content (AvgIpc) is 2.16. The molecule has 0 bridgehead atoms. The number of ether oxygens (including phenoxy) is 1. The predicted molar refractivity (Wildman–Crippen MR) is 58.4 cm³/mol. The van der Waals surface area contributed by atoms with E-state index < -0.39 is 0 Å². The molecule has 0 aliphatic rings. The van der Waals surface area contributed by atoms with Crippen LogP contribution in [-0.4, -0.2) is 6.61 Å². The zero-order chi connectivity index (χ0) is 9.78. The van der Waals surface area contributed by atoms with Crippen LogP contribution in [0, 0.1) is 6.92 Å². The normalized spacial score (nSPS) is 9.92. The van der Waals surface area contributed by atoms with E-state index in [1.807, 2.05) is 0 Å². The third-order valence-electron chi connectivity index (χ3n) is 2.13. The van der Waals surface area contributed by atoms with Crippen LogP contribution in [0.5, 0.6) is 0 Å². The van der Waals surface area contributed by atoms with E-state index in [1.54, 1.807) is 0 Å². The lowest BCUT2D eigenvalue weighted by molar-refractivity contribution is 0.241. The van der Waals surface area contributed by atoms with E-state index >= 15 is 0 Å². The molecule has 1 nitrogen and oxygen atoms in total. The highest BCUT2D eigenvalue weighted by atomic mass is 16.5. The van der Waals surface area contributed by atoms with Crippen molar-refractivity contribution in [3.05, 3.63) is 19.8 Å². The van der Waals surface area contributed by atoms with Crippen LogP contribution in [0.4, 0.5) is 0 Å². The molecule has 0 saturated heterocycles. The second kappa shape index (κ2) is 11.5. The Balaban J connectivity index is 2.79. The van der Waals surface area contributed by atoms with Gasteiger partial charge in [-0.3, -0.25) is 0 Å². The highest BCUT2D eigenvalue weighted by molar-refractivity contribution is 4.50. The lowest BCUT2D eigenvalue weighted by Crippen LogP contribution is -1.87. The summed E-state index contributed by atoms with van der Waals surface area (Å²) in [7, 11) is 0. The molecule has 0 aromatic carbocycles. The molecular formula is C12H23O. The number of hydrogen-bond acceptors (Lipinski definition) is 1. The lowest BCUT2D eigenvalue weighted by atomic mass is 10.1. The van der Waals surface area contributed by atoms with Gasteiger partial charge in [-0.25, -0.2) is 0 Å². The van der Waals surface area contributed by atoms with E-state index in [0.29, 0.717) is 0 Å². The molecule has 77 valence electrons. The van der Waals surface area contributed by atoms with Gasteiger partial charge in [-0.2, -0.15) is 0 Å². The van der Waals surface area contributed by atoms with Crippen LogP contribution in [0.25, 0.3) is 0 Å². The monoisotopic (exact) mass is 183 g/mol. The summed E-state index contributed by atoms with van der Waals surface area (Å²) in [6.07, 6.45) is 11.8. The van der Waals surface area contributed by atoms with Crippen molar-refractivity contribution < 1.29 is 4.74 Å². The van der Waals surface area contributed by atoms with Crippen molar-refractivity contribution in [2.45, 2.75) is 51.4 Å². The Morgan fingerprint density at radius 1 is 0.846 bits per heavy atom. The molecule has 0 aromatic heterocycles. The van der Waals surface area contributed by atoms with Crippen molar-refractivity contribution in [1.82, 2.24) is 0 Å². The van der Waals surface area contributed by atoms with Gasteiger partial charge in [-0.05, 0) is 6.42 Å². The van der Waals surface area contributed by atoms with Crippen molar-refractivity contribution in [3.63, 3.8) is 0 Å². The molecule has 13 heavy (non-hydrogen) atoms. The molecule has 0 unspecified atom stereocenters. The van der Waals surface area contributed by atoms with Crippen molar-refractivity contribution in [2.75, 3.05) is 6.61 Å². The van der Waals surface area contributed by atoms with Crippen LogP contribution in [0.15, 0.2) is 12.8 Å². The van der Waals surface area contributed by atoms with Gasteiger partial charge in [0.1, 0.15) is 0 Å². The second-order valence-corrected chi connectivity index (χ2v) is 3.37. The van der Waals surface area contributed by atoms with Crippen LogP contribution in [0.2, 0.25) is 0 Å². The Labute approximate surface area is 83.2 Å². The first-order chi connectivity index (χ1) is 6.41. The molecule has 1 radical (unpaired) electrons. The SMILES string of the molecule is [CH2]CCCCCCCCCOC=C. The summed E-state index contributed by atoms with van der Waals surface area (Å²) >= 11 is 0. The van der Waals surface area contributed by atoms with Gasteiger partial charge in [0.15, 0.2) is 0 Å². The number of unbranched alkanes of at least 4 members (excludes halogenated alkanes) is 7. The molecule has 0 aliphatic heterocycles. The highest BCUT2D eigenvalue weighted by Crippen LogP contribution is 2.08. The van der Waals surface area contributed by atoms with Gasteiger partial charge in [0, 0.05) is 0 Å². The summed E-state index contributed by atoms with van der Waals surface area (Å²) in [5, 5.41) is 0. The zero-order valence-electron chi connectivity index (χ0n) is 8.76. The van der Waals surface area contributed by atoms with Gasteiger partial charge in [0.25, 0.3) is 0 Å². The van der Waals surface area contributed by atoms with Gasteiger partial charge in [0.2, 0.25) is 0 Å². The van der Waals surface area contributed by atoms with Crippen LogP contribution in [0.3, 0.4) is 0 Å². The molecule has 0 N–H and O–H groups in total. The third kappa shape index (κ3) is 11.5. The molecule has 0 aromatic rings. The molecule has 0 heterocycles. The number of hydrogen-bond donors (Lipinski definition) is 0. The van der Waals surface area contributed by atoms with Crippen LogP contribution in [-0.2, 0) is 4.74 Å². The summed E-state index contributed by atoms with van der Waals surface area (Å²) in [6, 6.07) is 0. The average molecular weight is 183 g/mol. The summed E-state index contributed by atoms with van der Waals surface area (Å²) < 4.78 is 5.03. The molecule has 0 aliphatic carbocycles. The largest absolute Gasteiger partial charge is 0.502 e. The Morgan fingerprint density at radius 2 is 1.38 bits per heavy atom. The first kappa shape index (κ1) is 12.5. The van der Waals surface area contributed by atoms with Crippen LogP contribution >= 0.6 is 0 Å². The van der Waals surface area contributed by atoms with Gasteiger partial charge in [0.05, 0.1) is 12.9 Å². The minimum absolute atomic E-state index is 0.836. The molecule has 0 atom stereocenters. The smallest absolute Gasteiger partial charge is 0.0873 e. The van der Waals surface area contributed by atoms with Gasteiger partial charge >= 0.3 is 0 Å². The van der Waals surface area contributed by atoms with Gasteiger partial charge in [-0.1, -0.05) is 58.4 Å². The van der Waals surface area contributed by atoms with E-state index in [9.17, 15) is 0 Å². The van der Waals surface area contributed by atoms with Crippen molar-refractivity contribution >= 4 is 0 Å².